The van der Waals surface area contributed by atoms with Gasteiger partial charge in [0, 0.05) is 0 Å². The molecule has 0 atom stereocenters. The molecule has 2 heteroatoms. The molecule has 0 aliphatic rings. The minimum Gasteiger partial charge on any atom is -0.677 e. The molecule has 0 saturated carbocycles. The van der Waals surface area contributed by atoms with Crippen molar-refractivity contribution in [3.63, 3.8) is 0 Å². The van der Waals surface area contributed by atoms with Gasteiger partial charge >= 0.3 is 21.7 Å². The monoisotopic (exact) mass is 164 g/mol. The van der Waals surface area contributed by atoms with Gasteiger partial charge in [0.15, 0.2) is 0 Å². The van der Waals surface area contributed by atoms with Gasteiger partial charge < -0.3 is 20.6 Å². The van der Waals surface area contributed by atoms with Crippen molar-refractivity contribution < 1.29 is 21.7 Å². The molecule has 0 spiro atoms. The van der Waals surface area contributed by atoms with Gasteiger partial charge in [-0.05, 0) is 0 Å². The van der Waals surface area contributed by atoms with Gasteiger partial charge in [-0.1, -0.05) is 26.2 Å². The zero-order valence-corrected chi connectivity index (χ0v) is 8.39. The molecule has 9 heavy (non-hydrogen) atoms. The van der Waals surface area contributed by atoms with Crippen molar-refractivity contribution in [1.82, 2.24) is 0 Å². The molecule has 0 saturated heterocycles. The summed E-state index contributed by atoms with van der Waals surface area (Å²) in [4.78, 5) is 0. The second-order valence-corrected chi connectivity index (χ2v) is 1.46. The second-order valence-electron chi connectivity index (χ2n) is 1.46. The molecule has 0 fully saturated rings. The van der Waals surface area contributed by atoms with Crippen LogP contribution >= 0.6 is 0 Å². The van der Waals surface area contributed by atoms with Crippen LogP contribution in [0.2, 0.25) is 0 Å². The van der Waals surface area contributed by atoms with Gasteiger partial charge in [-0.15, -0.1) is 0 Å². The van der Waals surface area contributed by atoms with Crippen molar-refractivity contribution in [1.29, 1.82) is 0 Å². The van der Waals surface area contributed by atoms with Gasteiger partial charge in [-0.2, -0.15) is 6.54 Å². The Hall–Kier alpha value is 0.674. The third kappa shape index (κ3) is 28.6. The first-order valence-electron chi connectivity index (χ1n) is 2.56. The molecular formula is C7H18NTi. The van der Waals surface area contributed by atoms with Crippen LogP contribution in [0.3, 0.4) is 0 Å². The van der Waals surface area contributed by atoms with E-state index in [-0.39, 0.29) is 36.6 Å². The summed E-state index contributed by atoms with van der Waals surface area (Å²) >= 11 is 0. The molecule has 1 nitrogen and oxygen atoms in total. The SMILES string of the molecule is CCCCC[NH-].[CH3-].[CH3-].[Ti+3]. The number of nitrogens with one attached hydrogen (secondary N) is 1. The third-order valence-electron chi connectivity index (χ3n) is 0.780. The van der Waals surface area contributed by atoms with Crippen LogP contribution < -0.4 is 0 Å². The van der Waals surface area contributed by atoms with Crippen molar-refractivity contribution in [3.8, 4) is 0 Å². The Labute approximate surface area is 75.3 Å². The maximum absolute atomic E-state index is 6.71. The van der Waals surface area contributed by atoms with Crippen LogP contribution in [0, 0.1) is 14.9 Å². The average molecular weight is 164 g/mol. The summed E-state index contributed by atoms with van der Waals surface area (Å²) in [6.45, 7) is 2.75. The zero-order valence-electron chi connectivity index (χ0n) is 6.83. The van der Waals surface area contributed by atoms with E-state index in [2.05, 4.69) is 6.92 Å². The van der Waals surface area contributed by atoms with Crippen LogP contribution in [-0.4, -0.2) is 6.54 Å². The van der Waals surface area contributed by atoms with E-state index < -0.39 is 0 Å². The quantitative estimate of drug-likeness (QED) is 0.347. The van der Waals surface area contributed by atoms with Gasteiger partial charge in [0.25, 0.3) is 0 Å². The molecule has 0 aliphatic heterocycles. The Balaban J connectivity index is -0.0000000417. The van der Waals surface area contributed by atoms with E-state index >= 15 is 0 Å². The molecule has 0 rings (SSSR count). The Morgan fingerprint density at radius 2 is 1.56 bits per heavy atom. The van der Waals surface area contributed by atoms with E-state index in [0.29, 0.717) is 6.54 Å². The minimum atomic E-state index is 0. The van der Waals surface area contributed by atoms with Crippen LogP contribution in [0.5, 0.6) is 0 Å². The molecular weight excluding hydrogens is 146 g/mol. The fraction of sp³-hybridized carbons (Fsp3) is 0.714. The van der Waals surface area contributed by atoms with Crippen molar-refractivity contribution in [2.45, 2.75) is 26.2 Å². The normalized spacial score (nSPS) is 6.00. The van der Waals surface area contributed by atoms with Crippen LogP contribution in [-0.2, 0) is 21.7 Å². The van der Waals surface area contributed by atoms with Crippen molar-refractivity contribution in [3.05, 3.63) is 20.6 Å². The topological polar surface area (TPSA) is 23.8 Å². The Morgan fingerprint density at radius 1 is 1.11 bits per heavy atom. The van der Waals surface area contributed by atoms with Gasteiger partial charge in [0.1, 0.15) is 0 Å². The van der Waals surface area contributed by atoms with E-state index in [9.17, 15) is 0 Å². The second kappa shape index (κ2) is 23.4. The summed E-state index contributed by atoms with van der Waals surface area (Å²) < 4.78 is 0. The van der Waals surface area contributed by atoms with Crippen LogP contribution in [0.1, 0.15) is 26.2 Å². The van der Waals surface area contributed by atoms with Crippen molar-refractivity contribution >= 4 is 0 Å². The fourth-order valence-corrected chi connectivity index (χ4v) is 0.375. The zero-order chi connectivity index (χ0) is 4.83. The smallest absolute Gasteiger partial charge is 0.677 e. The first-order valence-corrected chi connectivity index (χ1v) is 2.56. The van der Waals surface area contributed by atoms with Gasteiger partial charge in [0.05, 0.1) is 0 Å². The van der Waals surface area contributed by atoms with E-state index in [1.54, 1.807) is 0 Å². The molecule has 0 bridgehead atoms. The first kappa shape index (κ1) is 22.6. The number of unbranched alkanes of at least 4 members (excludes halogenated alkanes) is 2. The summed E-state index contributed by atoms with van der Waals surface area (Å²) in [7, 11) is 0. The summed E-state index contributed by atoms with van der Waals surface area (Å²) in [6, 6.07) is 0. The maximum Gasteiger partial charge on any atom is 3.00 e. The van der Waals surface area contributed by atoms with E-state index in [1.807, 2.05) is 0 Å². The van der Waals surface area contributed by atoms with Crippen LogP contribution in [0.4, 0.5) is 0 Å². The predicted octanol–water partition coefficient (Wildman–Crippen LogP) is 3.13. The number of hydrogen-bond acceptors (Lipinski definition) is 0. The minimum absolute atomic E-state index is 0. The van der Waals surface area contributed by atoms with Crippen molar-refractivity contribution in [2.24, 2.45) is 0 Å². The average Bonchev–Trinajstić information content (AvgIpc) is 1.61. The third-order valence-corrected chi connectivity index (χ3v) is 0.780. The molecule has 0 aromatic heterocycles. The predicted molar refractivity (Wildman–Crippen MR) is 41.5 cm³/mol. The first-order chi connectivity index (χ1) is 2.91. The summed E-state index contributed by atoms with van der Waals surface area (Å²) in [5.41, 5.74) is 6.71. The Bertz CT molecular complexity index is 20.9. The molecule has 55 valence electrons. The molecule has 0 aromatic carbocycles. The van der Waals surface area contributed by atoms with E-state index in [4.69, 9.17) is 5.73 Å². The summed E-state index contributed by atoms with van der Waals surface area (Å²) in [6.07, 6.45) is 3.54. The fourth-order valence-electron chi connectivity index (χ4n) is 0.375. The molecule has 0 amide bonds. The van der Waals surface area contributed by atoms with Crippen LogP contribution in [0.15, 0.2) is 0 Å². The van der Waals surface area contributed by atoms with Gasteiger partial charge in [0.2, 0.25) is 0 Å². The molecule has 1 radical (unpaired) electrons. The molecule has 0 unspecified atom stereocenters. The van der Waals surface area contributed by atoms with E-state index in [1.165, 1.54) is 12.8 Å². The van der Waals surface area contributed by atoms with Gasteiger partial charge in [-0.3, -0.25) is 0 Å². The number of rotatable bonds is 3. The maximum atomic E-state index is 6.71. The van der Waals surface area contributed by atoms with Gasteiger partial charge in [-0.25, -0.2) is 0 Å². The number of hydrogen-bond donors (Lipinski definition) is 0. The Morgan fingerprint density at radius 3 is 1.67 bits per heavy atom. The van der Waals surface area contributed by atoms with E-state index in [0.717, 1.165) is 6.42 Å². The standard InChI is InChI=1S/C5H12N.2CH3.Ti/c1-2-3-4-5-6;;;/h6H,2-5H2,1H3;2*1H3;/q3*-1;+3. The molecule has 0 aliphatic carbocycles. The molecule has 1 N–H and O–H groups in total. The van der Waals surface area contributed by atoms with Crippen LogP contribution in [0.25, 0.3) is 5.73 Å². The largest absolute Gasteiger partial charge is 3.00 e. The summed E-state index contributed by atoms with van der Waals surface area (Å²) in [5, 5.41) is 0. The summed E-state index contributed by atoms with van der Waals surface area (Å²) in [5.74, 6) is 0. The molecule has 0 aromatic rings. The Kier molecular flexibility index (Phi) is 58.7. The molecule has 0 heterocycles. The van der Waals surface area contributed by atoms with Crippen molar-refractivity contribution in [2.75, 3.05) is 6.54 Å².